The maximum absolute atomic E-state index is 12.0. The third kappa shape index (κ3) is 6.88. The lowest BCUT2D eigenvalue weighted by Crippen LogP contribution is -2.36. The molecule has 8 heteroatoms. The van der Waals surface area contributed by atoms with E-state index in [1.165, 1.54) is 12.1 Å². The molecule has 0 unspecified atom stereocenters. The van der Waals surface area contributed by atoms with Crippen molar-refractivity contribution >= 4 is 23.3 Å². The van der Waals surface area contributed by atoms with E-state index in [2.05, 4.69) is 17.2 Å². The van der Waals surface area contributed by atoms with E-state index in [9.17, 15) is 18.0 Å². The number of aliphatic hydroxyl groups excluding tert-OH is 1. The van der Waals surface area contributed by atoms with Crippen molar-refractivity contribution in [2.45, 2.75) is 12.6 Å². The van der Waals surface area contributed by atoms with Gasteiger partial charge in [0.2, 0.25) is 0 Å². The molecule has 21 heavy (non-hydrogen) atoms. The number of halogens is 4. The molecule has 1 aromatic carbocycles. The highest BCUT2D eigenvalue weighted by atomic mass is 35.5. The van der Waals surface area contributed by atoms with Crippen molar-refractivity contribution in [1.29, 1.82) is 0 Å². The number of amides is 2. The lowest BCUT2D eigenvalue weighted by molar-refractivity contribution is -0.122. The molecule has 0 heterocycles. The molecule has 0 bridgehead atoms. The van der Waals surface area contributed by atoms with E-state index in [0.717, 1.165) is 0 Å². The quantitative estimate of drug-likeness (QED) is 0.750. The van der Waals surface area contributed by atoms with Crippen molar-refractivity contribution in [3.63, 3.8) is 0 Å². The maximum Gasteiger partial charge on any atom is 0.405 e. The van der Waals surface area contributed by atoms with Crippen molar-refractivity contribution in [2.75, 3.05) is 18.5 Å². The normalized spacial score (nSPS) is 10.5. The first-order valence-electron chi connectivity index (χ1n) is 5.82. The van der Waals surface area contributed by atoms with Gasteiger partial charge in [0.25, 0.3) is 0 Å². The fourth-order valence-corrected chi connectivity index (χ4v) is 1.43. The van der Waals surface area contributed by atoms with Crippen molar-refractivity contribution in [1.82, 2.24) is 5.32 Å². The summed E-state index contributed by atoms with van der Waals surface area (Å²) in [5.74, 6) is 5.40. The summed E-state index contributed by atoms with van der Waals surface area (Å²) in [6.07, 6.45) is -4.20. The van der Waals surface area contributed by atoms with Crippen LogP contribution in [-0.2, 0) is 0 Å². The van der Waals surface area contributed by atoms with E-state index in [1.807, 2.05) is 0 Å². The van der Waals surface area contributed by atoms with Gasteiger partial charge in [-0.15, -0.1) is 0 Å². The Morgan fingerprint density at radius 3 is 2.71 bits per heavy atom. The topological polar surface area (TPSA) is 61.4 Å². The van der Waals surface area contributed by atoms with Gasteiger partial charge in [0.1, 0.15) is 6.54 Å². The van der Waals surface area contributed by atoms with Gasteiger partial charge in [-0.2, -0.15) is 13.2 Å². The number of benzene rings is 1. The van der Waals surface area contributed by atoms with Crippen LogP contribution in [-0.4, -0.2) is 30.5 Å². The molecule has 0 aliphatic rings. The zero-order valence-electron chi connectivity index (χ0n) is 10.7. The highest BCUT2D eigenvalue weighted by molar-refractivity contribution is 6.33. The average molecular weight is 321 g/mol. The minimum atomic E-state index is -4.49. The first kappa shape index (κ1) is 17.1. The largest absolute Gasteiger partial charge is 0.405 e. The Morgan fingerprint density at radius 1 is 1.38 bits per heavy atom. The molecule has 114 valence electrons. The fourth-order valence-electron chi connectivity index (χ4n) is 1.27. The summed E-state index contributed by atoms with van der Waals surface area (Å²) in [6.45, 7) is -1.52. The average Bonchev–Trinajstić information content (AvgIpc) is 2.40. The van der Waals surface area contributed by atoms with Crippen LogP contribution in [0.5, 0.6) is 0 Å². The predicted octanol–water partition coefficient (Wildman–Crippen LogP) is 2.76. The summed E-state index contributed by atoms with van der Waals surface area (Å²) in [5.41, 5.74) is 0.658. The maximum atomic E-state index is 12.0. The third-order valence-electron chi connectivity index (χ3n) is 2.13. The molecule has 4 nitrogen and oxygen atoms in total. The van der Waals surface area contributed by atoms with Crippen molar-refractivity contribution < 1.29 is 23.1 Å². The molecule has 1 aromatic rings. The van der Waals surface area contributed by atoms with E-state index in [0.29, 0.717) is 5.56 Å². The number of urea groups is 1. The van der Waals surface area contributed by atoms with Gasteiger partial charge >= 0.3 is 12.2 Å². The Kier molecular flexibility index (Phi) is 6.34. The highest BCUT2D eigenvalue weighted by Gasteiger charge is 2.27. The van der Waals surface area contributed by atoms with E-state index in [4.69, 9.17) is 16.7 Å². The van der Waals surface area contributed by atoms with Crippen LogP contribution in [0, 0.1) is 11.8 Å². The number of nitrogens with one attached hydrogen (secondary N) is 2. The van der Waals surface area contributed by atoms with Gasteiger partial charge in [-0.1, -0.05) is 23.4 Å². The number of carbonyl (C=O) groups is 1. The van der Waals surface area contributed by atoms with Crippen molar-refractivity contribution in [3.8, 4) is 11.8 Å². The van der Waals surface area contributed by atoms with Crippen LogP contribution in [0.3, 0.4) is 0 Å². The van der Waals surface area contributed by atoms with Crippen molar-refractivity contribution in [2.24, 2.45) is 0 Å². The molecule has 2 amide bonds. The van der Waals surface area contributed by atoms with Gasteiger partial charge < -0.3 is 15.7 Å². The monoisotopic (exact) mass is 320 g/mol. The molecule has 3 N–H and O–H groups in total. The first-order valence-corrected chi connectivity index (χ1v) is 6.20. The van der Waals surface area contributed by atoms with Crippen LogP contribution >= 0.6 is 11.6 Å². The molecule has 0 radical (unpaired) electrons. The Bertz CT molecular complexity index is 565. The van der Waals surface area contributed by atoms with E-state index >= 15 is 0 Å². The van der Waals surface area contributed by atoms with Crippen LogP contribution < -0.4 is 10.6 Å². The van der Waals surface area contributed by atoms with Gasteiger partial charge in [-0.05, 0) is 18.2 Å². The number of aliphatic hydroxyl groups is 1. The standard InChI is InChI=1S/C13H12ClF3N2O2/c14-10-5-4-9(3-1-2-6-20)7-11(10)19-12(21)18-8-13(15,16)17/h4-5,7,20H,2,6,8H2,(H2,18,19,21). The molecule has 0 aliphatic carbocycles. The predicted molar refractivity (Wildman–Crippen MR) is 73.1 cm³/mol. The minimum Gasteiger partial charge on any atom is -0.395 e. The van der Waals surface area contributed by atoms with Crippen LogP contribution in [0.4, 0.5) is 23.7 Å². The van der Waals surface area contributed by atoms with Crippen molar-refractivity contribution in [3.05, 3.63) is 28.8 Å². The summed E-state index contributed by atoms with van der Waals surface area (Å²) < 4.78 is 35.9. The summed E-state index contributed by atoms with van der Waals surface area (Å²) in [6, 6.07) is 3.46. The molecule has 0 saturated heterocycles. The molecule has 0 spiro atoms. The zero-order chi connectivity index (χ0) is 15.9. The van der Waals surface area contributed by atoms with Gasteiger partial charge in [0.05, 0.1) is 17.3 Å². The van der Waals surface area contributed by atoms with Gasteiger partial charge in [-0.25, -0.2) is 4.79 Å². The SMILES string of the molecule is O=C(NCC(F)(F)F)Nc1cc(C#CCCO)ccc1Cl. The minimum absolute atomic E-state index is 0.0778. The summed E-state index contributed by atoms with van der Waals surface area (Å²) in [5, 5.41) is 12.7. The number of carbonyl (C=O) groups excluding carboxylic acids is 1. The molecule has 1 rings (SSSR count). The van der Waals surface area contributed by atoms with Gasteiger partial charge in [-0.3, -0.25) is 0 Å². The van der Waals surface area contributed by atoms with Crippen LogP contribution in [0.2, 0.25) is 5.02 Å². The third-order valence-corrected chi connectivity index (χ3v) is 2.46. The second-order valence-corrected chi connectivity index (χ2v) is 4.30. The smallest absolute Gasteiger partial charge is 0.395 e. The molecule has 0 saturated carbocycles. The summed E-state index contributed by atoms with van der Waals surface area (Å²) in [7, 11) is 0. The molecular formula is C13H12ClF3N2O2. The second kappa shape index (κ2) is 7.76. The summed E-state index contributed by atoms with van der Waals surface area (Å²) in [4.78, 5) is 11.3. The van der Waals surface area contributed by atoms with Crippen LogP contribution in [0.1, 0.15) is 12.0 Å². The second-order valence-electron chi connectivity index (χ2n) is 3.89. The number of alkyl halides is 3. The van der Waals surface area contributed by atoms with E-state index in [-0.39, 0.29) is 23.7 Å². The summed E-state index contributed by atoms with van der Waals surface area (Å²) >= 11 is 5.84. The Balaban J connectivity index is 2.72. The Labute approximate surface area is 124 Å². The molecule has 0 aromatic heterocycles. The fraction of sp³-hybridized carbons (Fsp3) is 0.308. The lowest BCUT2D eigenvalue weighted by Gasteiger charge is -2.11. The van der Waals surface area contributed by atoms with Gasteiger partial charge in [0, 0.05) is 12.0 Å². The number of hydrogen-bond donors (Lipinski definition) is 3. The Morgan fingerprint density at radius 2 is 2.10 bits per heavy atom. The Hall–Kier alpha value is -1.91. The first-order chi connectivity index (χ1) is 9.81. The molecule has 0 aliphatic heterocycles. The molecule has 0 atom stereocenters. The zero-order valence-corrected chi connectivity index (χ0v) is 11.5. The van der Waals surface area contributed by atoms with Crippen LogP contribution in [0.25, 0.3) is 0 Å². The van der Waals surface area contributed by atoms with E-state index < -0.39 is 18.8 Å². The van der Waals surface area contributed by atoms with E-state index in [1.54, 1.807) is 11.4 Å². The number of anilines is 1. The van der Waals surface area contributed by atoms with Crippen LogP contribution in [0.15, 0.2) is 18.2 Å². The number of hydrogen-bond acceptors (Lipinski definition) is 2. The molecular weight excluding hydrogens is 309 g/mol. The number of rotatable bonds is 3. The molecule has 0 fully saturated rings. The highest BCUT2D eigenvalue weighted by Crippen LogP contribution is 2.22. The lowest BCUT2D eigenvalue weighted by atomic mass is 10.2. The van der Waals surface area contributed by atoms with Gasteiger partial charge in [0.15, 0.2) is 0 Å².